The molecule has 0 radical (unpaired) electrons. The number of hydrogen-bond donors (Lipinski definition) is 1. The lowest BCUT2D eigenvalue weighted by atomic mass is 10.1. The number of methoxy groups -OCH3 is 1. The molecule has 0 saturated heterocycles. The van der Waals surface area contributed by atoms with Crippen molar-refractivity contribution in [2.45, 2.75) is 19.9 Å². The predicted molar refractivity (Wildman–Crippen MR) is 106 cm³/mol. The molecule has 30 heavy (non-hydrogen) atoms. The first-order valence-corrected chi connectivity index (χ1v) is 9.26. The minimum atomic E-state index is -0.690. The SMILES string of the molecule is CCc1cc2c(cc1Nc1nc(=O)c(OC)cn1Cc1cc(F)cc(F)c1)OCO2. The third-order valence-electron chi connectivity index (χ3n) is 4.68. The lowest BCUT2D eigenvalue weighted by Gasteiger charge is -2.17. The van der Waals surface area contributed by atoms with E-state index in [-0.39, 0.29) is 25.0 Å². The fourth-order valence-corrected chi connectivity index (χ4v) is 3.25. The minimum absolute atomic E-state index is 0.0128. The molecule has 3 aromatic rings. The first kappa shape index (κ1) is 19.7. The Kier molecular flexibility index (Phi) is 5.26. The van der Waals surface area contributed by atoms with E-state index in [2.05, 4.69) is 10.3 Å². The lowest BCUT2D eigenvalue weighted by molar-refractivity contribution is 0.174. The molecule has 7 nitrogen and oxygen atoms in total. The van der Waals surface area contributed by atoms with E-state index in [0.29, 0.717) is 29.2 Å². The molecule has 4 rings (SSSR count). The number of ether oxygens (including phenoxy) is 3. The van der Waals surface area contributed by atoms with Crippen molar-refractivity contribution in [3.05, 3.63) is 69.6 Å². The van der Waals surface area contributed by atoms with Gasteiger partial charge in [0.25, 0.3) is 0 Å². The summed E-state index contributed by atoms with van der Waals surface area (Å²) in [5, 5.41) is 3.14. The van der Waals surface area contributed by atoms with Crippen LogP contribution in [-0.4, -0.2) is 23.5 Å². The van der Waals surface area contributed by atoms with Crippen LogP contribution in [0.2, 0.25) is 0 Å². The van der Waals surface area contributed by atoms with Gasteiger partial charge in [0.05, 0.1) is 19.9 Å². The molecule has 2 aromatic carbocycles. The van der Waals surface area contributed by atoms with E-state index in [1.807, 2.05) is 13.0 Å². The van der Waals surface area contributed by atoms with Crippen LogP contribution < -0.4 is 25.1 Å². The van der Waals surface area contributed by atoms with Crippen molar-refractivity contribution in [2.24, 2.45) is 0 Å². The molecule has 156 valence electrons. The Bertz CT molecular complexity index is 1140. The molecule has 0 fully saturated rings. The normalized spacial score (nSPS) is 12.1. The first-order valence-electron chi connectivity index (χ1n) is 9.26. The topological polar surface area (TPSA) is 74.6 Å². The van der Waals surface area contributed by atoms with Crippen LogP contribution in [0.15, 0.2) is 41.3 Å². The van der Waals surface area contributed by atoms with Gasteiger partial charge in [0.1, 0.15) is 11.6 Å². The number of aryl methyl sites for hydroxylation is 1. The second-order valence-electron chi connectivity index (χ2n) is 6.68. The van der Waals surface area contributed by atoms with Gasteiger partial charge in [-0.1, -0.05) is 6.92 Å². The number of nitrogens with one attached hydrogen (secondary N) is 1. The number of hydrogen-bond acceptors (Lipinski definition) is 6. The summed E-state index contributed by atoms with van der Waals surface area (Å²) in [4.78, 5) is 16.3. The van der Waals surface area contributed by atoms with Crippen molar-refractivity contribution in [3.8, 4) is 17.2 Å². The first-order chi connectivity index (χ1) is 14.5. The average molecular weight is 415 g/mol. The van der Waals surface area contributed by atoms with Gasteiger partial charge in [-0.2, -0.15) is 4.98 Å². The third kappa shape index (κ3) is 3.91. The summed E-state index contributed by atoms with van der Waals surface area (Å²) in [5.74, 6) is 0.0453. The number of benzene rings is 2. The number of halogens is 2. The highest BCUT2D eigenvalue weighted by atomic mass is 19.1. The largest absolute Gasteiger partial charge is 0.490 e. The molecular weight excluding hydrogens is 396 g/mol. The van der Waals surface area contributed by atoms with Gasteiger partial charge >= 0.3 is 5.56 Å². The second-order valence-corrected chi connectivity index (χ2v) is 6.68. The highest BCUT2D eigenvalue weighted by Crippen LogP contribution is 2.38. The molecule has 0 bridgehead atoms. The van der Waals surface area contributed by atoms with Gasteiger partial charge in [-0.05, 0) is 35.7 Å². The summed E-state index contributed by atoms with van der Waals surface area (Å²) in [6, 6.07) is 6.86. The fourth-order valence-electron chi connectivity index (χ4n) is 3.25. The minimum Gasteiger partial charge on any atom is -0.490 e. The number of nitrogens with zero attached hydrogens (tertiary/aromatic N) is 2. The predicted octanol–water partition coefficient (Wildman–Crippen LogP) is 3.61. The standard InChI is InChI=1S/C21H19F2N3O4/c1-3-13-6-17-18(30-11-29-17)8-16(13)24-21-25-20(27)19(28-2)10-26(21)9-12-4-14(22)7-15(23)5-12/h4-8,10H,3,9,11H2,1-2H3,(H,24,25,27). The molecule has 1 aromatic heterocycles. The van der Waals surface area contributed by atoms with Gasteiger partial charge in [0.2, 0.25) is 18.5 Å². The molecule has 0 unspecified atom stereocenters. The third-order valence-corrected chi connectivity index (χ3v) is 4.68. The molecule has 1 aliphatic heterocycles. The molecule has 0 atom stereocenters. The Morgan fingerprint density at radius 3 is 2.50 bits per heavy atom. The zero-order chi connectivity index (χ0) is 21.3. The van der Waals surface area contributed by atoms with Crippen molar-refractivity contribution < 1.29 is 23.0 Å². The Morgan fingerprint density at radius 2 is 1.83 bits per heavy atom. The Hall–Kier alpha value is -3.62. The van der Waals surface area contributed by atoms with E-state index in [0.717, 1.165) is 11.6 Å². The molecule has 1 N–H and O–H groups in total. The summed E-state index contributed by atoms with van der Waals surface area (Å²) in [7, 11) is 1.35. The fraction of sp³-hybridized carbons (Fsp3) is 0.238. The van der Waals surface area contributed by atoms with E-state index in [9.17, 15) is 13.6 Å². The lowest BCUT2D eigenvalue weighted by Crippen LogP contribution is -2.19. The number of aromatic nitrogens is 2. The van der Waals surface area contributed by atoms with Crippen LogP contribution >= 0.6 is 0 Å². The van der Waals surface area contributed by atoms with Crippen molar-refractivity contribution >= 4 is 11.6 Å². The number of fused-ring (bicyclic) bond motifs is 1. The maximum absolute atomic E-state index is 13.6. The zero-order valence-electron chi connectivity index (χ0n) is 16.4. The van der Waals surface area contributed by atoms with E-state index in [1.165, 1.54) is 25.4 Å². The van der Waals surface area contributed by atoms with Crippen molar-refractivity contribution in [3.63, 3.8) is 0 Å². The van der Waals surface area contributed by atoms with Crippen LogP contribution in [0.4, 0.5) is 20.4 Å². The van der Waals surface area contributed by atoms with Crippen molar-refractivity contribution in [1.82, 2.24) is 9.55 Å². The summed E-state index contributed by atoms with van der Waals surface area (Å²) >= 11 is 0. The van der Waals surface area contributed by atoms with Gasteiger partial charge < -0.3 is 24.1 Å². The average Bonchev–Trinajstić information content (AvgIpc) is 3.15. The van der Waals surface area contributed by atoms with Crippen LogP contribution in [0.25, 0.3) is 0 Å². The van der Waals surface area contributed by atoms with Crippen molar-refractivity contribution in [2.75, 3.05) is 19.2 Å². The molecule has 0 amide bonds. The molecule has 2 heterocycles. The maximum Gasteiger partial charge on any atom is 0.316 e. The van der Waals surface area contributed by atoms with Crippen molar-refractivity contribution in [1.29, 1.82) is 0 Å². The van der Waals surface area contributed by atoms with E-state index in [4.69, 9.17) is 14.2 Å². The highest BCUT2D eigenvalue weighted by molar-refractivity contribution is 5.65. The summed E-state index contributed by atoms with van der Waals surface area (Å²) in [6.07, 6.45) is 2.13. The monoisotopic (exact) mass is 415 g/mol. The maximum atomic E-state index is 13.6. The Labute approximate surface area is 170 Å². The molecule has 9 heteroatoms. The highest BCUT2D eigenvalue weighted by Gasteiger charge is 2.18. The molecule has 0 saturated carbocycles. The Balaban J connectivity index is 1.76. The van der Waals surface area contributed by atoms with E-state index in [1.54, 1.807) is 10.6 Å². The quantitative estimate of drug-likeness (QED) is 0.663. The molecular formula is C21H19F2N3O4. The molecule has 0 aliphatic carbocycles. The van der Waals surface area contributed by atoms with Gasteiger partial charge in [-0.3, -0.25) is 4.79 Å². The molecule has 0 spiro atoms. The molecule has 1 aliphatic rings. The summed E-state index contributed by atoms with van der Waals surface area (Å²) in [5.41, 5.74) is 1.40. The number of anilines is 2. The van der Waals surface area contributed by atoms with Crippen LogP contribution in [0, 0.1) is 11.6 Å². The van der Waals surface area contributed by atoms with Crippen LogP contribution in [0.1, 0.15) is 18.1 Å². The van der Waals surface area contributed by atoms with E-state index < -0.39 is 17.2 Å². The zero-order valence-corrected chi connectivity index (χ0v) is 16.4. The summed E-state index contributed by atoms with van der Waals surface area (Å²) in [6.45, 7) is 2.18. The van der Waals surface area contributed by atoms with Gasteiger partial charge in [-0.25, -0.2) is 8.78 Å². The number of rotatable bonds is 6. The van der Waals surface area contributed by atoms with Gasteiger partial charge in [0, 0.05) is 17.8 Å². The van der Waals surface area contributed by atoms with E-state index >= 15 is 0 Å². The smallest absolute Gasteiger partial charge is 0.316 e. The second kappa shape index (κ2) is 8.02. The Morgan fingerprint density at radius 1 is 1.13 bits per heavy atom. The van der Waals surface area contributed by atoms with Crippen LogP contribution in [0.3, 0.4) is 0 Å². The van der Waals surface area contributed by atoms with Gasteiger partial charge in [-0.15, -0.1) is 0 Å². The van der Waals surface area contributed by atoms with Crippen LogP contribution in [0.5, 0.6) is 17.2 Å². The van der Waals surface area contributed by atoms with Gasteiger partial charge in [0.15, 0.2) is 11.5 Å². The summed E-state index contributed by atoms with van der Waals surface area (Å²) < 4.78 is 44.7. The van der Waals surface area contributed by atoms with Crippen LogP contribution in [-0.2, 0) is 13.0 Å².